The van der Waals surface area contributed by atoms with Crippen LogP contribution in [0, 0.1) is 5.92 Å². The number of nitrogens with zero attached hydrogens (tertiary/aromatic N) is 2. The van der Waals surface area contributed by atoms with Gasteiger partial charge >= 0.3 is 0 Å². The van der Waals surface area contributed by atoms with Crippen LogP contribution in [0.3, 0.4) is 0 Å². The van der Waals surface area contributed by atoms with Gasteiger partial charge < -0.3 is 25.0 Å². The van der Waals surface area contributed by atoms with Gasteiger partial charge in [0.2, 0.25) is 6.79 Å². The van der Waals surface area contributed by atoms with Crippen molar-refractivity contribution in [3.8, 4) is 11.5 Å². The van der Waals surface area contributed by atoms with Crippen LogP contribution in [-0.4, -0.2) is 50.4 Å². The van der Waals surface area contributed by atoms with Crippen LogP contribution in [0.25, 0.3) is 0 Å². The zero-order valence-corrected chi connectivity index (χ0v) is 17.0. The van der Waals surface area contributed by atoms with Crippen molar-refractivity contribution >= 4 is 29.9 Å². The van der Waals surface area contributed by atoms with E-state index in [9.17, 15) is 0 Å². The third-order valence-electron chi connectivity index (χ3n) is 5.06. The first-order valence-electron chi connectivity index (χ1n) is 8.89. The van der Waals surface area contributed by atoms with Crippen LogP contribution < -0.4 is 20.1 Å². The molecule has 1 aromatic carbocycles. The normalized spacial score (nSPS) is 22.6. The van der Waals surface area contributed by atoms with E-state index in [0.717, 1.165) is 48.1 Å². The third kappa shape index (κ3) is 4.69. The molecule has 1 saturated carbocycles. The standard InChI is InChI=1S/C18H26N4O2.HI/c1-19-18(21-10-14-6-7-22(11-14)15-3-4-15)20-9-13-2-5-16-17(8-13)24-12-23-16;/h2,5,8,14-15H,3-4,6-7,9-12H2,1H3,(H2,19,20,21);1H. The number of fused-ring (bicyclic) bond motifs is 1. The molecular weight excluding hydrogens is 431 g/mol. The van der Waals surface area contributed by atoms with Crippen LogP contribution in [0.5, 0.6) is 11.5 Å². The van der Waals surface area contributed by atoms with E-state index >= 15 is 0 Å². The largest absolute Gasteiger partial charge is 0.454 e. The summed E-state index contributed by atoms with van der Waals surface area (Å²) in [5.74, 6) is 3.23. The Morgan fingerprint density at radius 1 is 1.20 bits per heavy atom. The molecule has 1 atom stereocenters. The molecule has 1 aliphatic carbocycles. The number of benzene rings is 1. The fourth-order valence-corrected chi connectivity index (χ4v) is 3.50. The molecule has 3 aliphatic rings. The fraction of sp³-hybridized carbons (Fsp3) is 0.611. The lowest BCUT2D eigenvalue weighted by Gasteiger charge is -2.17. The van der Waals surface area contributed by atoms with Crippen LogP contribution in [0.2, 0.25) is 0 Å². The van der Waals surface area contributed by atoms with Gasteiger partial charge in [-0.1, -0.05) is 6.07 Å². The smallest absolute Gasteiger partial charge is 0.231 e. The van der Waals surface area contributed by atoms with E-state index < -0.39 is 0 Å². The maximum absolute atomic E-state index is 5.42. The summed E-state index contributed by atoms with van der Waals surface area (Å²) in [5, 5.41) is 6.85. The van der Waals surface area contributed by atoms with Crippen molar-refractivity contribution in [2.75, 3.05) is 33.5 Å². The molecule has 25 heavy (non-hydrogen) atoms. The Kier molecular flexibility index (Phi) is 6.27. The first-order valence-corrected chi connectivity index (χ1v) is 8.89. The lowest BCUT2D eigenvalue weighted by Crippen LogP contribution is -2.40. The molecule has 1 saturated heterocycles. The zero-order chi connectivity index (χ0) is 16.4. The van der Waals surface area contributed by atoms with Gasteiger partial charge in [-0.05, 0) is 49.4 Å². The Balaban J connectivity index is 0.00000182. The first-order chi connectivity index (χ1) is 11.8. The van der Waals surface area contributed by atoms with Crippen molar-refractivity contribution in [2.24, 2.45) is 10.9 Å². The minimum absolute atomic E-state index is 0. The maximum atomic E-state index is 5.42. The SMILES string of the molecule is CN=C(NCc1ccc2c(c1)OCO2)NCC1CCN(C2CC2)C1.I. The molecule has 4 rings (SSSR count). The molecule has 0 bridgehead atoms. The van der Waals surface area contributed by atoms with E-state index in [0.29, 0.717) is 6.79 Å². The van der Waals surface area contributed by atoms with Gasteiger partial charge in [0, 0.05) is 32.7 Å². The molecule has 1 aromatic rings. The number of ether oxygens (including phenoxy) is 2. The number of halogens is 1. The summed E-state index contributed by atoms with van der Waals surface area (Å²) in [5.41, 5.74) is 1.16. The molecule has 138 valence electrons. The number of hydrogen-bond donors (Lipinski definition) is 2. The summed E-state index contributed by atoms with van der Waals surface area (Å²) >= 11 is 0. The van der Waals surface area contributed by atoms with Crippen LogP contribution in [0.4, 0.5) is 0 Å². The highest BCUT2D eigenvalue weighted by Crippen LogP contribution is 2.32. The lowest BCUT2D eigenvalue weighted by atomic mass is 10.1. The number of nitrogens with one attached hydrogen (secondary N) is 2. The van der Waals surface area contributed by atoms with Gasteiger partial charge in [0.05, 0.1) is 0 Å². The minimum Gasteiger partial charge on any atom is -0.454 e. The first kappa shape index (κ1) is 18.6. The highest BCUT2D eigenvalue weighted by Gasteiger charge is 2.34. The topological polar surface area (TPSA) is 58.1 Å². The molecule has 2 aliphatic heterocycles. The number of hydrogen-bond acceptors (Lipinski definition) is 4. The second-order valence-electron chi connectivity index (χ2n) is 6.88. The second-order valence-corrected chi connectivity index (χ2v) is 6.88. The summed E-state index contributed by atoms with van der Waals surface area (Å²) in [4.78, 5) is 6.98. The average Bonchev–Trinajstić information content (AvgIpc) is 3.17. The van der Waals surface area contributed by atoms with Crippen molar-refractivity contribution in [1.82, 2.24) is 15.5 Å². The van der Waals surface area contributed by atoms with E-state index in [4.69, 9.17) is 9.47 Å². The van der Waals surface area contributed by atoms with Crippen LogP contribution in [0.1, 0.15) is 24.8 Å². The summed E-state index contributed by atoms with van der Waals surface area (Å²) in [7, 11) is 1.82. The lowest BCUT2D eigenvalue weighted by molar-refractivity contribution is 0.174. The van der Waals surface area contributed by atoms with Crippen LogP contribution in [0.15, 0.2) is 23.2 Å². The molecule has 0 aromatic heterocycles. The van der Waals surface area contributed by atoms with Gasteiger partial charge in [-0.2, -0.15) is 0 Å². The van der Waals surface area contributed by atoms with E-state index in [1.54, 1.807) is 0 Å². The highest BCUT2D eigenvalue weighted by atomic mass is 127. The predicted molar refractivity (Wildman–Crippen MR) is 109 cm³/mol. The van der Waals surface area contributed by atoms with Gasteiger partial charge in [-0.25, -0.2) is 0 Å². The van der Waals surface area contributed by atoms with Gasteiger partial charge in [0.25, 0.3) is 0 Å². The Labute approximate surface area is 166 Å². The summed E-state index contributed by atoms with van der Waals surface area (Å²) in [6.45, 7) is 4.52. The second kappa shape index (κ2) is 8.44. The highest BCUT2D eigenvalue weighted by molar-refractivity contribution is 14.0. The molecule has 7 heteroatoms. The third-order valence-corrected chi connectivity index (χ3v) is 5.06. The quantitative estimate of drug-likeness (QED) is 0.403. The summed E-state index contributed by atoms with van der Waals surface area (Å²) in [6.07, 6.45) is 4.10. The maximum Gasteiger partial charge on any atom is 0.231 e. The molecule has 2 N–H and O–H groups in total. The van der Waals surface area contributed by atoms with Crippen molar-refractivity contribution in [3.63, 3.8) is 0 Å². The predicted octanol–water partition coefficient (Wildman–Crippen LogP) is 2.18. The van der Waals surface area contributed by atoms with Gasteiger partial charge in [0.15, 0.2) is 17.5 Å². The van der Waals surface area contributed by atoms with Crippen LogP contribution >= 0.6 is 24.0 Å². The van der Waals surface area contributed by atoms with Crippen LogP contribution in [-0.2, 0) is 6.54 Å². The Hall–Kier alpha value is -1.22. The van der Waals surface area contributed by atoms with Crippen molar-refractivity contribution in [2.45, 2.75) is 31.8 Å². The Morgan fingerprint density at radius 2 is 2.04 bits per heavy atom. The van der Waals surface area contributed by atoms with E-state index in [-0.39, 0.29) is 24.0 Å². The molecule has 0 spiro atoms. The number of guanidine groups is 1. The number of aliphatic imine (C=N–C) groups is 1. The van der Waals surface area contributed by atoms with E-state index in [2.05, 4.69) is 26.6 Å². The Bertz CT molecular complexity index is 621. The molecule has 2 fully saturated rings. The van der Waals surface area contributed by atoms with E-state index in [1.165, 1.54) is 32.4 Å². The van der Waals surface area contributed by atoms with Crippen molar-refractivity contribution in [1.29, 1.82) is 0 Å². The number of rotatable bonds is 5. The fourth-order valence-electron chi connectivity index (χ4n) is 3.50. The Morgan fingerprint density at radius 3 is 2.84 bits per heavy atom. The van der Waals surface area contributed by atoms with E-state index in [1.807, 2.05) is 19.2 Å². The molecule has 2 heterocycles. The zero-order valence-electron chi connectivity index (χ0n) is 14.7. The minimum atomic E-state index is 0. The van der Waals surface area contributed by atoms with Gasteiger partial charge in [0.1, 0.15) is 0 Å². The molecule has 6 nitrogen and oxygen atoms in total. The molecule has 0 radical (unpaired) electrons. The molecular formula is C18H27IN4O2. The molecule has 1 unspecified atom stereocenters. The summed E-state index contributed by atoms with van der Waals surface area (Å²) in [6, 6.07) is 6.92. The van der Waals surface area contributed by atoms with Gasteiger partial charge in [-0.3, -0.25) is 4.99 Å². The van der Waals surface area contributed by atoms with Crippen molar-refractivity contribution in [3.05, 3.63) is 23.8 Å². The monoisotopic (exact) mass is 458 g/mol. The number of likely N-dealkylation sites (tertiary alicyclic amines) is 1. The average molecular weight is 458 g/mol. The van der Waals surface area contributed by atoms with Crippen molar-refractivity contribution < 1.29 is 9.47 Å². The molecule has 0 amide bonds. The van der Waals surface area contributed by atoms with Gasteiger partial charge in [-0.15, -0.1) is 24.0 Å². The summed E-state index contributed by atoms with van der Waals surface area (Å²) < 4.78 is 10.8.